The minimum atomic E-state index is 0.246. The first-order valence-electron chi connectivity index (χ1n) is 5.25. The molecule has 0 aliphatic heterocycles. The van der Waals surface area contributed by atoms with Crippen LogP contribution in [0.5, 0.6) is 0 Å². The maximum atomic E-state index is 4.50. The first kappa shape index (κ1) is 10.1. The molecule has 2 heterocycles. The summed E-state index contributed by atoms with van der Waals surface area (Å²) in [6, 6.07) is 3.94. The van der Waals surface area contributed by atoms with E-state index in [-0.39, 0.29) is 5.41 Å². The van der Waals surface area contributed by atoms with Crippen molar-refractivity contribution in [3.63, 3.8) is 0 Å². The Hall–Kier alpha value is -1.38. The summed E-state index contributed by atoms with van der Waals surface area (Å²) in [5.41, 5.74) is 2.22. The van der Waals surface area contributed by atoms with Gasteiger partial charge in [-0.15, -0.1) is 0 Å². The maximum Gasteiger partial charge on any atom is 0.159 e. The third-order valence-electron chi connectivity index (χ3n) is 2.33. The third kappa shape index (κ3) is 2.01. The summed E-state index contributed by atoms with van der Waals surface area (Å²) in [5, 5.41) is 0. The highest BCUT2D eigenvalue weighted by atomic mass is 15.1. The molecule has 0 aliphatic carbocycles. The quantitative estimate of drug-likeness (QED) is 0.713. The highest BCUT2D eigenvalue weighted by Gasteiger charge is 2.15. The second kappa shape index (κ2) is 3.33. The van der Waals surface area contributed by atoms with Gasteiger partial charge in [-0.1, -0.05) is 20.8 Å². The van der Waals surface area contributed by atoms with Crippen molar-refractivity contribution in [2.45, 2.75) is 34.2 Å². The standard InChI is InChI=1S/C12H17N3/c1-9-14-10-6-5-7-13-11(10)15(9)8-12(2,3)4/h5-7H,8H2,1-4H3. The van der Waals surface area contributed by atoms with Crippen LogP contribution in [0.3, 0.4) is 0 Å². The zero-order valence-corrected chi connectivity index (χ0v) is 9.78. The predicted molar refractivity (Wildman–Crippen MR) is 61.7 cm³/mol. The second-order valence-corrected chi connectivity index (χ2v) is 5.15. The van der Waals surface area contributed by atoms with Crippen LogP contribution in [0.15, 0.2) is 18.3 Å². The van der Waals surface area contributed by atoms with Crippen molar-refractivity contribution in [1.29, 1.82) is 0 Å². The molecule has 0 fully saturated rings. The molecule has 0 unspecified atom stereocenters. The molecule has 2 aromatic rings. The molecule has 0 bridgehead atoms. The molecule has 0 amide bonds. The van der Waals surface area contributed by atoms with E-state index in [9.17, 15) is 0 Å². The van der Waals surface area contributed by atoms with Gasteiger partial charge in [-0.25, -0.2) is 9.97 Å². The molecule has 15 heavy (non-hydrogen) atoms. The monoisotopic (exact) mass is 203 g/mol. The lowest BCUT2D eigenvalue weighted by molar-refractivity contribution is 0.344. The molecule has 3 heteroatoms. The fraction of sp³-hybridized carbons (Fsp3) is 0.500. The van der Waals surface area contributed by atoms with Crippen molar-refractivity contribution < 1.29 is 0 Å². The van der Waals surface area contributed by atoms with Crippen LogP contribution in [-0.2, 0) is 6.54 Å². The summed E-state index contributed by atoms with van der Waals surface area (Å²) in [7, 11) is 0. The Morgan fingerprint density at radius 1 is 1.33 bits per heavy atom. The number of nitrogens with zero attached hydrogens (tertiary/aromatic N) is 3. The number of aryl methyl sites for hydroxylation is 1. The summed E-state index contributed by atoms with van der Waals surface area (Å²) in [4.78, 5) is 8.88. The zero-order chi connectivity index (χ0) is 11.1. The molecular weight excluding hydrogens is 186 g/mol. The highest BCUT2D eigenvalue weighted by molar-refractivity contribution is 5.71. The van der Waals surface area contributed by atoms with Gasteiger partial charge in [0, 0.05) is 12.7 Å². The van der Waals surface area contributed by atoms with Gasteiger partial charge in [0.1, 0.15) is 11.3 Å². The molecule has 0 spiro atoms. The van der Waals surface area contributed by atoms with Crippen LogP contribution in [0.2, 0.25) is 0 Å². The van der Waals surface area contributed by atoms with Gasteiger partial charge in [0.2, 0.25) is 0 Å². The molecule has 80 valence electrons. The van der Waals surface area contributed by atoms with Gasteiger partial charge in [0.15, 0.2) is 5.65 Å². The average Bonchev–Trinajstić information content (AvgIpc) is 2.41. The Kier molecular flexibility index (Phi) is 2.25. The highest BCUT2D eigenvalue weighted by Crippen LogP contribution is 2.21. The molecule has 0 saturated heterocycles. The molecular formula is C12H17N3. The van der Waals surface area contributed by atoms with E-state index in [2.05, 4.69) is 35.3 Å². The molecule has 3 nitrogen and oxygen atoms in total. The molecule has 0 saturated carbocycles. The predicted octanol–water partition coefficient (Wildman–Crippen LogP) is 2.79. The van der Waals surface area contributed by atoms with Crippen LogP contribution >= 0.6 is 0 Å². The van der Waals surface area contributed by atoms with Crippen molar-refractivity contribution >= 4 is 11.2 Å². The lowest BCUT2D eigenvalue weighted by Gasteiger charge is -2.19. The number of hydrogen-bond acceptors (Lipinski definition) is 2. The van der Waals surface area contributed by atoms with Crippen molar-refractivity contribution in [2.75, 3.05) is 0 Å². The van der Waals surface area contributed by atoms with Crippen LogP contribution < -0.4 is 0 Å². The van der Waals surface area contributed by atoms with Crippen molar-refractivity contribution in [3.8, 4) is 0 Å². The first-order valence-corrected chi connectivity index (χ1v) is 5.25. The van der Waals surface area contributed by atoms with E-state index in [1.165, 1.54) is 0 Å². The van der Waals surface area contributed by atoms with E-state index in [1.54, 1.807) is 0 Å². The van der Waals surface area contributed by atoms with Gasteiger partial charge in [-0.3, -0.25) is 0 Å². The SMILES string of the molecule is Cc1nc2cccnc2n1CC(C)(C)C. The summed E-state index contributed by atoms with van der Waals surface area (Å²) in [6.07, 6.45) is 1.82. The van der Waals surface area contributed by atoms with Crippen LogP contribution in [0.4, 0.5) is 0 Å². The van der Waals surface area contributed by atoms with E-state index in [1.807, 2.05) is 25.3 Å². The number of rotatable bonds is 1. The summed E-state index contributed by atoms with van der Waals surface area (Å²) >= 11 is 0. The smallest absolute Gasteiger partial charge is 0.159 e. The summed E-state index contributed by atoms with van der Waals surface area (Å²) < 4.78 is 2.19. The fourth-order valence-electron chi connectivity index (χ4n) is 1.74. The lowest BCUT2D eigenvalue weighted by atomic mass is 9.97. The van der Waals surface area contributed by atoms with Crippen LogP contribution in [0.25, 0.3) is 11.2 Å². The molecule has 0 atom stereocenters. The Balaban J connectivity index is 2.54. The fourth-order valence-corrected chi connectivity index (χ4v) is 1.74. The van der Waals surface area contributed by atoms with Gasteiger partial charge in [-0.2, -0.15) is 0 Å². The molecule has 2 aromatic heterocycles. The van der Waals surface area contributed by atoms with Crippen molar-refractivity contribution in [1.82, 2.24) is 14.5 Å². The van der Waals surface area contributed by atoms with E-state index in [0.717, 1.165) is 23.5 Å². The molecule has 0 N–H and O–H groups in total. The third-order valence-corrected chi connectivity index (χ3v) is 2.33. The number of aromatic nitrogens is 3. The van der Waals surface area contributed by atoms with Crippen molar-refractivity contribution in [2.24, 2.45) is 5.41 Å². The molecule has 2 rings (SSSR count). The van der Waals surface area contributed by atoms with Crippen molar-refractivity contribution in [3.05, 3.63) is 24.2 Å². The Bertz CT molecular complexity index is 477. The molecule has 0 aliphatic rings. The van der Waals surface area contributed by atoms with Gasteiger partial charge in [-0.05, 0) is 24.5 Å². The normalized spacial score (nSPS) is 12.3. The summed E-state index contributed by atoms with van der Waals surface area (Å²) in [6.45, 7) is 9.66. The number of pyridine rings is 1. The van der Waals surface area contributed by atoms with Gasteiger partial charge in [0.05, 0.1) is 0 Å². The first-order chi connectivity index (χ1) is 6.97. The Morgan fingerprint density at radius 3 is 2.73 bits per heavy atom. The lowest BCUT2D eigenvalue weighted by Crippen LogP contribution is -2.16. The Morgan fingerprint density at radius 2 is 2.07 bits per heavy atom. The average molecular weight is 203 g/mol. The number of hydrogen-bond donors (Lipinski definition) is 0. The van der Waals surface area contributed by atoms with E-state index in [0.29, 0.717) is 0 Å². The largest absolute Gasteiger partial charge is 0.312 e. The maximum absolute atomic E-state index is 4.50. The van der Waals surface area contributed by atoms with E-state index in [4.69, 9.17) is 0 Å². The topological polar surface area (TPSA) is 30.7 Å². The number of fused-ring (bicyclic) bond motifs is 1. The van der Waals surface area contributed by atoms with Gasteiger partial charge < -0.3 is 4.57 Å². The minimum Gasteiger partial charge on any atom is -0.312 e. The molecule has 0 aromatic carbocycles. The minimum absolute atomic E-state index is 0.246. The number of imidazole rings is 1. The Labute approximate surface area is 90.2 Å². The molecule has 0 radical (unpaired) electrons. The van der Waals surface area contributed by atoms with Crippen LogP contribution in [-0.4, -0.2) is 14.5 Å². The van der Waals surface area contributed by atoms with Crippen LogP contribution in [0.1, 0.15) is 26.6 Å². The second-order valence-electron chi connectivity index (χ2n) is 5.15. The zero-order valence-electron chi connectivity index (χ0n) is 9.78. The van der Waals surface area contributed by atoms with E-state index >= 15 is 0 Å². The summed E-state index contributed by atoms with van der Waals surface area (Å²) in [5.74, 6) is 1.04. The van der Waals surface area contributed by atoms with E-state index < -0.39 is 0 Å². The van der Waals surface area contributed by atoms with Crippen LogP contribution in [0, 0.1) is 12.3 Å². The van der Waals surface area contributed by atoms with Gasteiger partial charge >= 0.3 is 0 Å². The van der Waals surface area contributed by atoms with Gasteiger partial charge in [0.25, 0.3) is 0 Å².